The summed E-state index contributed by atoms with van der Waals surface area (Å²) in [6.45, 7) is 3.52. The SMILES string of the molecule is CC(C)(CCCCCNC(=O)NS(=O)(=O)c1ccc(C(=O)O)s1)NC(=O)NS(=O)(=O)c1ccc(C(=O)O)s1. The number of thiophene rings is 2. The van der Waals surface area contributed by atoms with Gasteiger partial charge >= 0.3 is 24.0 Å². The Balaban J connectivity index is 1.71. The van der Waals surface area contributed by atoms with Gasteiger partial charge in [0.05, 0.1) is 0 Å². The highest BCUT2D eigenvalue weighted by molar-refractivity contribution is 7.92. The molecule has 0 aliphatic carbocycles. The van der Waals surface area contributed by atoms with Gasteiger partial charge in [-0.05, 0) is 51.0 Å². The van der Waals surface area contributed by atoms with Gasteiger partial charge < -0.3 is 20.8 Å². The number of urea groups is 2. The predicted octanol–water partition coefficient (Wildman–Crippen LogP) is 2.22. The highest BCUT2D eigenvalue weighted by atomic mass is 32.3. The number of sulfonamides is 2. The Labute approximate surface area is 226 Å². The fraction of sp³-hybridized carbons (Fsp3) is 0.400. The number of amides is 4. The summed E-state index contributed by atoms with van der Waals surface area (Å²) in [5.74, 6) is -2.56. The first-order chi connectivity index (χ1) is 17.5. The molecular formula is C20H26N4O10S4. The van der Waals surface area contributed by atoms with E-state index in [1.165, 1.54) is 0 Å². The van der Waals surface area contributed by atoms with Crippen molar-refractivity contribution in [3.8, 4) is 0 Å². The quantitative estimate of drug-likeness (QED) is 0.181. The van der Waals surface area contributed by atoms with Gasteiger partial charge in [0.25, 0.3) is 20.0 Å². The van der Waals surface area contributed by atoms with Crippen LogP contribution in [-0.4, -0.2) is 63.1 Å². The normalized spacial score (nSPS) is 11.9. The zero-order valence-corrected chi connectivity index (χ0v) is 23.4. The lowest BCUT2D eigenvalue weighted by Gasteiger charge is -2.26. The van der Waals surface area contributed by atoms with E-state index < -0.39 is 49.6 Å². The Morgan fingerprint density at radius 1 is 0.763 bits per heavy atom. The molecule has 0 spiro atoms. The van der Waals surface area contributed by atoms with Gasteiger partial charge in [0.15, 0.2) is 0 Å². The van der Waals surface area contributed by atoms with E-state index >= 15 is 0 Å². The smallest absolute Gasteiger partial charge is 0.345 e. The van der Waals surface area contributed by atoms with E-state index in [4.69, 9.17) is 10.2 Å². The van der Waals surface area contributed by atoms with Crippen LogP contribution in [-0.2, 0) is 20.0 Å². The number of carbonyl (C=O) groups excluding carboxylic acids is 2. The van der Waals surface area contributed by atoms with Crippen molar-refractivity contribution in [2.75, 3.05) is 6.54 Å². The number of nitrogens with one attached hydrogen (secondary N) is 4. The molecule has 0 unspecified atom stereocenters. The van der Waals surface area contributed by atoms with E-state index in [-0.39, 0.29) is 24.7 Å². The van der Waals surface area contributed by atoms with Crippen LogP contribution in [0.15, 0.2) is 32.7 Å². The first kappa shape index (κ1) is 31.0. The second-order valence-corrected chi connectivity index (χ2v) is 14.4. The molecule has 2 aromatic heterocycles. The number of unbranched alkanes of at least 4 members (excludes halogenated alkanes) is 2. The molecule has 0 aromatic carbocycles. The third-order valence-corrected chi connectivity index (χ3v) is 10.6. The molecule has 0 saturated carbocycles. The van der Waals surface area contributed by atoms with Crippen molar-refractivity contribution in [2.45, 2.75) is 53.5 Å². The maximum Gasteiger partial charge on any atom is 0.345 e. The van der Waals surface area contributed by atoms with Gasteiger partial charge in [0, 0.05) is 12.1 Å². The van der Waals surface area contributed by atoms with Gasteiger partial charge in [-0.1, -0.05) is 12.8 Å². The number of rotatable bonds is 13. The minimum Gasteiger partial charge on any atom is -0.477 e. The summed E-state index contributed by atoms with van der Waals surface area (Å²) in [7, 11) is -8.45. The number of aromatic carboxylic acids is 2. The summed E-state index contributed by atoms with van der Waals surface area (Å²) >= 11 is 1.03. The van der Waals surface area contributed by atoms with Crippen molar-refractivity contribution in [3.05, 3.63) is 34.0 Å². The number of hydrogen-bond donors (Lipinski definition) is 6. The number of carboxylic acid groups (broad SMARTS) is 2. The number of hydrogen-bond acceptors (Lipinski definition) is 10. The second-order valence-electron chi connectivity index (χ2n) is 8.46. The Morgan fingerprint density at radius 2 is 1.24 bits per heavy atom. The maximum absolute atomic E-state index is 12.3. The Bertz CT molecular complexity index is 1410. The lowest BCUT2D eigenvalue weighted by atomic mass is 9.97. The second kappa shape index (κ2) is 12.5. The van der Waals surface area contributed by atoms with Crippen LogP contribution in [0.3, 0.4) is 0 Å². The van der Waals surface area contributed by atoms with Gasteiger partial charge in [-0.3, -0.25) is 0 Å². The fourth-order valence-corrected chi connectivity index (χ4v) is 7.13. The highest BCUT2D eigenvalue weighted by Crippen LogP contribution is 2.22. The van der Waals surface area contributed by atoms with Crippen LogP contribution >= 0.6 is 22.7 Å². The molecule has 14 nitrogen and oxygen atoms in total. The van der Waals surface area contributed by atoms with Crippen LogP contribution in [0.1, 0.15) is 58.9 Å². The molecule has 18 heteroatoms. The molecule has 0 fully saturated rings. The molecule has 0 aliphatic heterocycles. The van der Waals surface area contributed by atoms with E-state index in [1.54, 1.807) is 18.6 Å². The molecule has 0 atom stereocenters. The van der Waals surface area contributed by atoms with E-state index in [2.05, 4.69) is 10.6 Å². The average molecular weight is 611 g/mol. The van der Waals surface area contributed by atoms with Crippen molar-refractivity contribution in [2.24, 2.45) is 0 Å². The van der Waals surface area contributed by atoms with Gasteiger partial charge in [0.2, 0.25) is 0 Å². The Kier molecular flexibility index (Phi) is 10.2. The lowest BCUT2D eigenvalue weighted by molar-refractivity contribution is 0.0691. The summed E-state index contributed by atoms with van der Waals surface area (Å²) < 4.78 is 51.9. The highest BCUT2D eigenvalue weighted by Gasteiger charge is 2.26. The van der Waals surface area contributed by atoms with Gasteiger partial charge in [0.1, 0.15) is 18.2 Å². The molecular weight excluding hydrogens is 585 g/mol. The van der Waals surface area contributed by atoms with Gasteiger partial charge in [-0.15, -0.1) is 22.7 Å². The van der Waals surface area contributed by atoms with Crippen LogP contribution < -0.4 is 20.1 Å². The van der Waals surface area contributed by atoms with Gasteiger partial charge in [-0.25, -0.2) is 45.5 Å². The number of carbonyl (C=O) groups is 4. The molecule has 4 amide bonds. The third-order valence-electron chi connectivity index (χ3n) is 4.78. The first-order valence-corrected chi connectivity index (χ1v) is 15.4. The molecule has 2 aromatic rings. The Morgan fingerprint density at radius 3 is 1.68 bits per heavy atom. The maximum atomic E-state index is 12.3. The first-order valence-electron chi connectivity index (χ1n) is 10.8. The lowest BCUT2D eigenvalue weighted by Crippen LogP contribution is -2.49. The summed E-state index contributed by atoms with van der Waals surface area (Å²) in [5, 5.41) is 22.7. The van der Waals surface area contributed by atoms with E-state index in [0.29, 0.717) is 48.4 Å². The van der Waals surface area contributed by atoms with Crippen LogP contribution in [0, 0.1) is 0 Å². The van der Waals surface area contributed by atoms with Crippen molar-refractivity contribution in [3.63, 3.8) is 0 Å². The van der Waals surface area contributed by atoms with Crippen LogP contribution in [0.2, 0.25) is 0 Å². The molecule has 2 heterocycles. The zero-order valence-electron chi connectivity index (χ0n) is 20.1. The van der Waals surface area contributed by atoms with E-state index in [9.17, 15) is 36.0 Å². The molecule has 210 valence electrons. The Hall–Kier alpha value is -3.22. The third kappa shape index (κ3) is 9.26. The van der Waals surface area contributed by atoms with Crippen molar-refractivity contribution in [1.29, 1.82) is 0 Å². The fourth-order valence-electron chi connectivity index (χ4n) is 3.01. The average Bonchev–Trinajstić information content (AvgIpc) is 3.46. The number of carboxylic acids is 2. The largest absolute Gasteiger partial charge is 0.477 e. The summed E-state index contributed by atoms with van der Waals surface area (Å²) in [5.41, 5.74) is -0.796. The molecule has 2 rings (SSSR count). The zero-order chi connectivity index (χ0) is 28.7. The standard InChI is InChI=1S/C20H26N4O10S4/c1-20(2,22-19(30)24-38(33,34)15-9-7-13(36-15)17(27)28)10-4-3-5-11-21-18(29)23-37(31,32)14-8-6-12(35-14)16(25)26/h6-9H,3-5,10-11H2,1-2H3,(H,25,26)(H,27,28)(H2,21,23,29)(H2,22,24,30). The molecule has 0 saturated heterocycles. The molecule has 0 bridgehead atoms. The minimum atomic E-state index is -4.24. The molecule has 0 radical (unpaired) electrons. The molecule has 38 heavy (non-hydrogen) atoms. The monoisotopic (exact) mass is 610 g/mol. The summed E-state index contributed by atoms with van der Waals surface area (Å²) in [6.07, 6.45) is 2.11. The molecule has 0 aliphatic rings. The van der Waals surface area contributed by atoms with Crippen LogP contribution in [0.4, 0.5) is 9.59 Å². The summed E-state index contributed by atoms with van der Waals surface area (Å²) in [4.78, 5) is 45.5. The van der Waals surface area contributed by atoms with Crippen LogP contribution in [0.25, 0.3) is 0 Å². The van der Waals surface area contributed by atoms with Crippen molar-refractivity contribution >= 4 is 66.7 Å². The van der Waals surface area contributed by atoms with E-state index in [1.807, 2.05) is 4.72 Å². The van der Waals surface area contributed by atoms with Crippen LogP contribution in [0.5, 0.6) is 0 Å². The van der Waals surface area contributed by atoms with Gasteiger partial charge in [-0.2, -0.15) is 0 Å². The van der Waals surface area contributed by atoms with E-state index in [0.717, 1.165) is 24.3 Å². The van der Waals surface area contributed by atoms with Crippen molar-refractivity contribution < 1.29 is 46.2 Å². The predicted molar refractivity (Wildman–Crippen MR) is 138 cm³/mol. The summed E-state index contributed by atoms with van der Waals surface area (Å²) in [6, 6.07) is 2.50. The topological polar surface area (TPSA) is 225 Å². The van der Waals surface area contributed by atoms with Crippen molar-refractivity contribution in [1.82, 2.24) is 20.1 Å². The molecule has 6 N–H and O–H groups in total. The minimum absolute atomic E-state index is 0.151.